The van der Waals surface area contributed by atoms with Crippen LogP contribution in [0.4, 0.5) is 4.39 Å². The Morgan fingerprint density at radius 1 is 1.03 bits per heavy atom. The predicted molar refractivity (Wildman–Crippen MR) is 118 cm³/mol. The summed E-state index contributed by atoms with van der Waals surface area (Å²) in [6, 6.07) is 10.2. The zero-order valence-corrected chi connectivity index (χ0v) is 18.5. The highest BCUT2D eigenvalue weighted by Gasteiger charge is 2.33. The number of amides is 2. The summed E-state index contributed by atoms with van der Waals surface area (Å²) in [4.78, 5) is 31.0. The van der Waals surface area contributed by atoms with Crippen LogP contribution in [-0.2, 0) is 27.4 Å². The smallest absolute Gasteiger partial charge is 0.242 e. The van der Waals surface area contributed by atoms with E-state index in [1.54, 1.807) is 33.3 Å². The average Bonchev–Trinajstić information content (AvgIpc) is 3.41. The summed E-state index contributed by atoms with van der Waals surface area (Å²) in [7, 11) is 0. The summed E-state index contributed by atoms with van der Waals surface area (Å²) in [6.45, 7) is 2.10. The molecular weight excluding hydrogens is 415 g/mol. The number of ether oxygens (including phenoxy) is 1. The van der Waals surface area contributed by atoms with Crippen LogP contribution in [0.1, 0.15) is 42.5 Å². The second-order valence-corrected chi connectivity index (χ2v) is 9.47. The number of rotatable bonds is 9. The number of benzene rings is 1. The molecule has 1 aromatic heterocycles. The SMILES string of the molecule is O=C(CN(CC1CCCO1)C(=O)C1CCC1)N(Cc1ccc(F)cc1)Cc1cccs1. The van der Waals surface area contributed by atoms with E-state index in [9.17, 15) is 14.0 Å². The maximum absolute atomic E-state index is 13.4. The van der Waals surface area contributed by atoms with Crippen LogP contribution >= 0.6 is 11.3 Å². The lowest BCUT2D eigenvalue weighted by molar-refractivity contribution is -0.146. The van der Waals surface area contributed by atoms with Gasteiger partial charge in [0, 0.05) is 30.5 Å². The molecule has 2 aromatic rings. The molecule has 1 atom stereocenters. The second-order valence-electron chi connectivity index (χ2n) is 8.44. The van der Waals surface area contributed by atoms with Crippen molar-refractivity contribution in [2.45, 2.75) is 51.3 Å². The van der Waals surface area contributed by atoms with Crippen molar-refractivity contribution in [2.75, 3.05) is 19.7 Å². The van der Waals surface area contributed by atoms with E-state index >= 15 is 0 Å². The highest BCUT2D eigenvalue weighted by molar-refractivity contribution is 7.09. The molecule has 31 heavy (non-hydrogen) atoms. The molecule has 4 rings (SSSR count). The van der Waals surface area contributed by atoms with Gasteiger partial charge in [-0.2, -0.15) is 0 Å². The fourth-order valence-corrected chi connectivity index (χ4v) is 4.80. The average molecular weight is 445 g/mol. The first-order valence-corrected chi connectivity index (χ1v) is 11.9. The Morgan fingerprint density at radius 2 is 1.84 bits per heavy atom. The molecule has 2 heterocycles. The highest BCUT2D eigenvalue weighted by Crippen LogP contribution is 2.29. The fraction of sp³-hybridized carbons (Fsp3) is 0.500. The summed E-state index contributed by atoms with van der Waals surface area (Å²) in [5.41, 5.74) is 0.863. The van der Waals surface area contributed by atoms with Gasteiger partial charge in [-0.1, -0.05) is 24.6 Å². The van der Waals surface area contributed by atoms with E-state index in [1.165, 1.54) is 12.1 Å². The van der Waals surface area contributed by atoms with Crippen molar-refractivity contribution in [1.29, 1.82) is 0 Å². The first kappa shape index (κ1) is 22.0. The normalized spacial score (nSPS) is 18.5. The standard InChI is InChI=1S/C24H29FN2O3S/c25-20-10-8-18(9-11-20)14-26(16-22-7-3-13-31-22)23(28)17-27(15-21-6-2-12-30-21)24(29)19-4-1-5-19/h3,7-11,13,19,21H,1-2,4-6,12,14-17H2. The minimum atomic E-state index is -0.297. The number of carbonyl (C=O) groups is 2. The minimum absolute atomic E-state index is 0.0136. The Balaban J connectivity index is 1.48. The molecule has 2 fully saturated rings. The van der Waals surface area contributed by atoms with Crippen molar-refractivity contribution in [1.82, 2.24) is 9.80 Å². The van der Waals surface area contributed by atoms with Crippen LogP contribution in [-0.4, -0.2) is 47.4 Å². The maximum Gasteiger partial charge on any atom is 0.242 e. The van der Waals surface area contributed by atoms with Crippen LogP contribution in [0.25, 0.3) is 0 Å². The molecule has 2 aliphatic rings. The Hall–Kier alpha value is -2.25. The van der Waals surface area contributed by atoms with Crippen molar-refractivity contribution in [3.8, 4) is 0 Å². The van der Waals surface area contributed by atoms with Gasteiger partial charge in [-0.15, -0.1) is 11.3 Å². The van der Waals surface area contributed by atoms with Crippen molar-refractivity contribution in [3.63, 3.8) is 0 Å². The van der Waals surface area contributed by atoms with E-state index < -0.39 is 0 Å². The first-order chi connectivity index (χ1) is 15.1. The maximum atomic E-state index is 13.4. The Kier molecular flexibility index (Phi) is 7.35. The van der Waals surface area contributed by atoms with E-state index in [0.29, 0.717) is 19.6 Å². The molecule has 5 nitrogen and oxygen atoms in total. The fourth-order valence-electron chi connectivity index (χ4n) is 4.08. The molecule has 0 spiro atoms. The number of hydrogen-bond acceptors (Lipinski definition) is 4. The van der Waals surface area contributed by atoms with Gasteiger partial charge in [0.25, 0.3) is 0 Å². The third kappa shape index (κ3) is 5.92. The van der Waals surface area contributed by atoms with Gasteiger partial charge in [-0.05, 0) is 54.8 Å². The highest BCUT2D eigenvalue weighted by atomic mass is 32.1. The molecule has 0 N–H and O–H groups in total. The monoisotopic (exact) mass is 444 g/mol. The summed E-state index contributed by atoms with van der Waals surface area (Å²) >= 11 is 1.60. The lowest BCUT2D eigenvalue weighted by Gasteiger charge is -2.34. The van der Waals surface area contributed by atoms with Crippen molar-refractivity contribution in [2.24, 2.45) is 5.92 Å². The number of carbonyl (C=O) groups excluding carboxylic acids is 2. The van der Waals surface area contributed by atoms with Gasteiger partial charge in [0.2, 0.25) is 11.8 Å². The quantitative estimate of drug-likeness (QED) is 0.582. The molecule has 1 unspecified atom stereocenters. The summed E-state index contributed by atoms with van der Waals surface area (Å²) in [6.07, 6.45) is 4.83. The zero-order chi connectivity index (χ0) is 21.6. The van der Waals surface area contributed by atoms with Crippen molar-refractivity contribution >= 4 is 23.2 Å². The molecule has 166 valence electrons. The van der Waals surface area contributed by atoms with Crippen LogP contribution in [0.2, 0.25) is 0 Å². The second kappa shape index (κ2) is 10.4. The molecule has 1 saturated heterocycles. The molecule has 1 aromatic carbocycles. The Bertz CT molecular complexity index is 861. The molecule has 1 aliphatic carbocycles. The summed E-state index contributed by atoms with van der Waals surface area (Å²) < 4.78 is 19.1. The lowest BCUT2D eigenvalue weighted by atomic mass is 9.84. The molecular formula is C24H29FN2O3S. The van der Waals surface area contributed by atoms with Gasteiger partial charge in [0.05, 0.1) is 19.2 Å². The van der Waals surface area contributed by atoms with Crippen LogP contribution in [0, 0.1) is 11.7 Å². The van der Waals surface area contributed by atoms with Crippen LogP contribution in [0.3, 0.4) is 0 Å². The number of halogens is 1. The molecule has 0 radical (unpaired) electrons. The van der Waals surface area contributed by atoms with Gasteiger partial charge in [0.15, 0.2) is 0 Å². The van der Waals surface area contributed by atoms with E-state index in [0.717, 1.165) is 49.2 Å². The Morgan fingerprint density at radius 3 is 2.45 bits per heavy atom. The molecule has 1 aliphatic heterocycles. The third-order valence-electron chi connectivity index (χ3n) is 6.11. The van der Waals surface area contributed by atoms with Crippen molar-refractivity contribution in [3.05, 3.63) is 58.0 Å². The minimum Gasteiger partial charge on any atom is -0.376 e. The Labute approximate surface area is 186 Å². The van der Waals surface area contributed by atoms with E-state index in [1.807, 2.05) is 17.5 Å². The van der Waals surface area contributed by atoms with E-state index in [4.69, 9.17) is 4.74 Å². The van der Waals surface area contributed by atoms with Crippen molar-refractivity contribution < 1.29 is 18.7 Å². The predicted octanol–water partition coefficient (Wildman–Crippen LogP) is 4.22. The molecule has 1 saturated carbocycles. The van der Waals surface area contributed by atoms with Crippen LogP contribution in [0.5, 0.6) is 0 Å². The van der Waals surface area contributed by atoms with E-state index in [2.05, 4.69) is 0 Å². The van der Waals surface area contributed by atoms with Crippen LogP contribution < -0.4 is 0 Å². The largest absolute Gasteiger partial charge is 0.376 e. The first-order valence-electron chi connectivity index (χ1n) is 11.0. The third-order valence-corrected chi connectivity index (χ3v) is 6.97. The topological polar surface area (TPSA) is 49.9 Å². The summed E-state index contributed by atoms with van der Waals surface area (Å²) in [5, 5.41) is 1.99. The van der Waals surface area contributed by atoms with Crippen LogP contribution in [0.15, 0.2) is 41.8 Å². The molecule has 7 heteroatoms. The van der Waals surface area contributed by atoms with E-state index in [-0.39, 0.29) is 36.2 Å². The zero-order valence-electron chi connectivity index (χ0n) is 17.7. The van der Waals surface area contributed by atoms with Gasteiger partial charge in [-0.3, -0.25) is 9.59 Å². The number of nitrogens with zero attached hydrogens (tertiary/aromatic N) is 2. The molecule has 2 amide bonds. The number of thiophene rings is 1. The van der Waals surface area contributed by atoms with Gasteiger partial charge >= 0.3 is 0 Å². The van der Waals surface area contributed by atoms with Gasteiger partial charge < -0.3 is 14.5 Å². The van der Waals surface area contributed by atoms with Gasteiger partial charge in [-0.25, -0.2) is 4.39 Å². The van der Waals surface area contributed by atoms with Gasteiger partial charge in [0.1, 0.15) is 5.82 Å². The molecule has 0 bridgehead atoms. The lowest BCUT2D eigenvalue weighted by Crippen LogP contribution is -2.48. The summed E-state index contributed by atoms with van der Waals surface area (Å²) in [5.74, 6) is -0.276. The number of hydrogen-bond donors (Lipinski definition) is 0.